The van der Waals surface area contributed by atoms with Gasteiger partial charge in [0.15, 0.2) is 6.29 Å². The molecule has 0 atom stereocenters. The van der Waals surface area contributed by atoms with Gasteiger partial charge >= 0.3 is 0 Å². The van der Waals surface area contributed by atoms with Crippen LogP contribution in [0.1, 0.15) is 21.5 Å². The van der Waals surface area contributed by atoms with Crippen LogP contribution in [-0.4, -0.2) is 24.5 Å². The van der Waals surface area contributed by atoms with E-state index in [0.29, 0.717) is 11.8 Å². The number of rotatable bonds is 8. The molecule has 0 unspecified atom stereocenters. The molecule has 0 radical (unpaired) electrons. The van der Waals surface area contributed by atoms with E-state index in [1.165, 1.54) is 11.1 Å². The highest BCUT2D eigenvalue weighted by molar-refractivity contribution is 5.80. The van der Waals surface area contributed by atoms with Gasteiger partial charge in [0.2, 0.25) is 0 Å². The molecule has 132 valence electrons. The molecule has 0 fully saturated rings. The minimum atomic E-state index is 0.0296. The van der Waals surface area contributed by atoms with Crippen molar-refractivity contribution in [2.24, 2.45) is 0 Å². The van der Waals surface area contributed by atoms with Crippen LogP contribution in [0, 0.1) is 0 Å². The molecule has 0 saturated carbocycles. The number of benzene rings is 3. The lowest BCUT2D eigenvalue weighted by Crippen LogP contribution is -2.28. The van der Waals surface area contributed by atoms with Gasteiger partial charge in [0, 0.05) is 24.8 Å². The lowest BCUT2D eigenvalue weighted by molar-refractivity contribution is 0.112. The zero-order valence-corrected chi connectivity index (χ0v) is 14.7. The lowest BCUT2D eigenvalue weighted by Gasteiger charge is -2.25. The summed E-state index contributed by atoms with van der Waals surface area (Å²) in [7, 11) is 0. The smallest absolute Gasteiger partial charge is 0.153 e. The lowest BCUT2D eigenvalue weighted by atomic mass is 10.1. The largest absolute Gasteiger partial charge is 0.507 e. The van der Waals surface area contributed by atoms with Gasteiger partial charge in [-0.25, -0.2) is 0 Å². The third-order valence-electron chi connectivity index (χ3n) is 4.53. The van der Waals surface area contributed by atoms with Crippen molar-refractivity contribution in [3.05, 3.63) is 95.6 Å². The van der Waals surface area contributed by atoms with Crippen LogP contribution in [0.5, 0.6) is 5.75 Å². The number of aldehydes is 1. The Kier molecular flexibility index (Phi) is 6.05. The molecule has 0 bridgehead atoms. The normalized spacial score (nSPS) is 10.5. The van der Waals surface area contributed by atoms with Crippen molar-refractivity contribution in [3.8, 4) is 5.75 Å². The zero-order chi connectivity index (χ0) is 18.2. The summed E-state index contributed by atoms with van der Waals surface area (Å²) in [6.07, 6.45) is 2.52. The summed E-state index contributed by atoms with van der Waals surface area (Å²) in [4.78, 5) is 13.2. The number of carbonyl (C=O) groups is 1. The van der Waals surface area contributed by atoms with E-state index >= 15 is 0 Å². The van der Waals surface area contributed by atoms with E-state index in [0.717, 1.165) is 31.6 Å². The van der Waals surface area contributed by atoms with Crippen molar-refractivity contribution >= 4 is 12.0 Å². The van der Waals surface area contributed by atoms with E-state index in [2.05, 4.69) is 29.2 Å². The number of hydrogen-bond donors (Lipinski definition) is 1. The third kappa shape index (κ3) is 4.73. The first-order valence-electron chi connectivity index (χ1n) is 8.87. The summed E-state index contributed by atoms with van der Waals surface area (Å²) in [5, 5.41) is 10.1. The van der Waals surface area contributed by atoms with Crippen LogP contribution in [0.4, 0.5) is 5.69 Å². The second-order valence-electron chi connectivity index (χ2n) is 6.32. The first kappa shape index (κ1) is 17.7. The molecule has 0 aliphatic carbocycles. The molecule has 3 heteroatoms. The first-order valence-corrected chi connectivity index (χ1v) is 8.87. The molecule has 3 aromatic rings. The van der Waals surface area contributed by atoms with Crippen LogP contribution in [0.2, 0.25) is 0 Å². The molecular weight excluding hydrogens is 322 g/mol. The van der Waals surface area contributed by atoms with E-state index < -0.39 is 0 Å². The van der Waals surface area contributed by atoms with Gasteiger partial charge in [-0.1, -0.05) is 60.7 Å². The number of phenols is 1. The highest BCUT2D eigenvalue weighted by atomic mass is 16.3. The molecule has 0 aliphatic rings. The quantitative estimate of drug-likeness (QED) is 0.611. The average molecular weight is 345 g/mol. The Morgan fingerprint density at radius 1 is 0.769 bits per heavy atom. The van der Waals surface area contributed by atoms with Crippen molar-refractivity contribution in [1.82, 2.24) is 0 Å². The van der Waals surface area contributed by atoms with Gasteiger partial charge in [0.25, 0.3) is 0 Å². The SMILES string of the molecule is O=Cc1ccc(N(CCc2ccccc2)CCc2ccccc2)cc1O. The van der Waals surface area contributed by atoms with Gasteiger partial charge in [0.1, 0.15) is 5.75 Å². The summed E-state index contributed by atoms with van der Waals surface area (Å²) in [6, 6.07) is 26.0. The maximum Gasteiger partial charge on any atom is 0.153 e. The van der Waals surface area contributed by atoms with Crippen molar-refractivity contribution in [1.29, 1.82) is 0 Å². The van der Waals surface area contributed by atoms with Crippen LogP contribution in [0.25, 0.3) is 0 Å². The second kappa shape index (κ2) is 8.86. The highest BCUT2D eigenvalue weighted by Crippen LogP contribution is 2.24. The third-order valence-corrected chi connectivity index (χ3v) is 4.53. The predicted molar refractivity (Wildman–Crippen MR) is 106 cm³/mol. The highest BCUT2D eigenvalue weighted by Gasteiger charge is 2.10. The predicted octanol–water partition coefficient (Wildman–Crippen LogP) is 4.50. The van der Waals surface area contributed by atoms with E-state index in [4.69, 9.17) is 0 Å². The number of aromatic hydroxyl groups is 1. The van der Waals surface area contributed by atoms with E-state index in [-0.39, 0.29) is 5.75 Å². The summed E-state index contributed by atoms with van der Waals surface area (Å²) < 4.78 is 0. The maximum absolute atomic E-state index is 11.0. The monoisotopic (exact) mass is 345 g/mol. The minimum Gasteiger partial charge on any atom is -0.507 e. The summed E-state index contributed by atoms with van der Waals surface area (Å²) in [5.74, 6) is 0.0296. The fourth-order valence-electron chi connectivity index (χ4n) is 3.02. The molecule has 26 heavy (non-hydrogen) atoms. The fraction of sp³-hybridized carbons (Fsp3) is 0.174. The van der Waals surface area contributed by atoms with Crippen molar-refractivity contribution in [3.63, 3.8) is 0 Å². The number of carbonyl (C=O) groups excluding carboxylic acids is 1. The summed E-state index contributed by atoms with van der Waals surface area (Å²) in [6.45, 7) is 1.69. The van der Waals surface area contributed by atoms with Crippen LogP contribution >= 0.6 is 0 Å². The molecule has 0 heterocycles. The second-order valence-corrected chi connectivity index (χ2v) is 6.32. The standard InChI is InChI=1S/C23H23NO2/c25-18-21-11-12-22(17-23(21)26)24(15-13-19-7-3-1-4-8-19)16-14-20-9-5-2-6-10-20/h1-12,17-18,26H,13-16H2. The Morgan fingerprint density at radius 2 is 1.31 bits per heavy atom. The van der Waals surface area contributed by atoms with Crippen LogP contribution < -0.4 is 4.90 Å². The molecule has 3 rings (SSSR count). The molecule has 0 aromatic heterocycles. The van der Waals surface area contributed by atoms with E-state index in [1.54, 1.807) is 12.1 Å². The molecule has 3 aromatic carbocycles. The Morgan fingerprint density at radius 3 is 1.77 bits per heavy atom. The average Bonchev–Trinajstić information content (AvgIpc) is 2.69. The van der Waals surface area contributed by atoms with E-state index in [1.807, 2.05) is 42.5 Å². The number of phenolic OH excluding ortho intramolecular Hbond substituents is 1. The zero-order valence-electron chi connectivity index (χ0n) is 14.7. The van der Waals surface area contributed by atoms with Crippen molar-refractivity contribution < 1.29 is 9.90 Å². The number of anilines is 1. The van der Waals surface area contributed by atoms with Crippen LogP contribution in [-0.2, 0) is 12.8 Å². The molecule has 0 aliphatic heterocycles. The molecule has 0 saturated heterocycles. The van der Waals surface area contributed by atoms with Crippen molar-refractivity contribution in [2.75, 3.05) is 18.0 Å². The Hall–Kier alpha value is -3.07. The van der Waals surface area contributed by atoms with Gasteiger partial charge in [-0.2, -0.15) is 0 Å². The molecule has 0 amide bonds. The molecule has 0 spiro atoms. The fourth-order valence-corrected chi connectivity index (χ4v) is 3.02. The van der Waals surface area contributed by atoms with Crippen LogP contribution in [0.3, 0.4) is 0 Å². The van der Waals surface area contributed by atoms with Crippen LogP contribution in [0.15, 0.2) is 78.9 Å². The van der Waals surface area contributed by atoms with Gasteiger partial charge in [0.05, 0.1) is 5.56 Å². The summed E-state index contributed by atoms with van der Waals surface area (Å²) in [5.41, 5.74) is 3.82. The number of hydrogen-bond acceptors (Lipinski definition) is 3. The Balaban J connectivity index is 1.75. The van der Waals surface area contributed by atoms with Gasteiger partial charge in [-0.3, -0.25) is 4.79 Å². The van der Waals surface area contributed by atoms with E-state index in [9.17, 15) is 9.90 Å². The first-order chi connectivity index (χ1) is 12.8. The summed E-state index contributed by atoms with van der Waals surface area (Å²) >= 11 is 0. The molecule has 3 nitrogen and oxygen atoms in total. The Labute approximate surface area is 154 Å². The number of nitrogens with zero attached hydrogens (tertiary/aromatic N) is 1. The van der Waals surface area contributed by atoms with Gasteiger partial charge in [-0.05, 0) is 36.1 Å². The molecular formula is C23H23NO2. The minimum absolute atomic E-state index is 0.0296. The maximum atomic E-state index is 11.0. The topological polar surface area (TPSA) is 40.5 Å². The Bertz CT molecular complexity index is 788. The molecule has 1 N–H and O–H groups in total. The van der Waals surface area contributed by atoms with Gasteiger partial charge < -0.3 is 10.0 Å². The van der Waals surface area contributed by atoms with Gasteiger partial charge in [-0.15, -0.1) is 0 Å². The van der Waals surface area contributed by atoms with Crippen molar-refractivity contribution in [2.45, 2.75) is 12.8 Å².